The summed E-state index contributed by atoms with van der Waals surface area (Å²) in [5, 5.41) is 2.47. The quantitative estimate of drug-likeness (QED) is 0.658. The average molecular weight is 273 g/mol. The second kappa shape index (κ2) is 5.40. The molecular formula is C14H15N3O3. The number of fused-ring (bicyclic) bond motifs is 2. The van der Waals surface area contributed by atoms with Gasteiger partial charge in [-0.3, -0.25) is 14.9 Å². The van der Waals surface area contributed by atoms with Crippen LogP contribution in [0.4, 0.5) is 5.95 Å². The first-order chi connectivity index (χ1) is 9.72. The number of carbonyl (C=O) groups is 2. The van der Waals surface area contributed by atoms with Crippen molar-refractivity contribution in [2.75, 3.05) is 11.9 Å². The molecule has 20 heavy (non-hydrogen) atoms. The minimum absolute atomic E-state index is 0.0919. The molecule has 0 aromatic carbocycles. The number of amides is 1. The Balaban J connectivity index is 1.46. The molecule has 1 aromatic rings. The van der Waals surface area contributed by atoms with Gasteiger partial charge in [-0.25, -0.2) is 9.97 Å². The van der Waals surface area contributed by atoms with Crippen molar-refractivity contribution in [1.29, 1.82) is 0 Å². The van der Waals surface area contributed by atoms with E-state index in [1.807, 2.05) is 0 Å². The molecule has 0 saturated heterocycles. The minimum Gasteiger partial charge on any atom is -0.455 e. The van der Waals surface area contributed by atoms with E-state index in [0.717, 1.165) is 12.8 Å². The maximum absolute atomic E-state index is 11.9. The fourth-order valence-corrected chi connectivity index (χ4v) is 2.82. The molecule has 3 atom stereocenters. The number of ether oxygens (including phenoxy) is 1. The molecule has 2 aliphatic carbocycles. The summed E-state index contributed by atoms with van der Waals surface area (Å²) in [5.41, 5.74) is 0. The number of nitrogens with zero attached hydrogens (tertiary/aromatic N) is 2. The van der Waals surface area contributed by atoms with Crippen molar-refractivity contribution in [3.8, 4) is 0 Å². The Labute approximate surface area is 116 Å². The Hall–Kier alpha value is -2.24. The summed E-state index contributed by atoms with van der Waals surface area (Å²) in [4.78, 5) is 31.3. The van der Waals surface area contributed by atoms with Crippen molar-refractivity contribution in [3.63, 3.8) is 0 Å². The molecule has 1 saturated carbocycles. The van der Waals surface area contributed by atoms with Crippen molar-refractivity contribution in [3.05, 3.63) is 30.6 Å². The van der Waals surface area contributed by atoms with Gasteiger partial charge in [-0.15, -0.1) is 0 Å². The van der Waals surface area contributed by atoms with Crippen LogP contribution in [0, 0.1) is 17.8 Å². The lowest BCUT2D eigenvalue weighted by Gasteiger charge is -2.16. The van der Waals surface area contributed by atoms with Crippen LogP contribution in [0.15, 0.2) is 30.6 Å². The Morgan fingerprint density at radius 2 is 2.05 bits per heavy atom. The summed E-state index contributed by atoms with van der Waals surface area (Å²) in [6.45, 7) is -0.297. The van der Waals surface area contributed by atoms with Gasteiger partial charge in [-0.1, -0.05) is 12.2 Å². The number of esters is 1. The van der Waals surface area contributed by atoms with Crippen molar-refractivity contribution in [2.45, 2.75) is 12.8 Å². The highest BCUT2D eigenvalue weighted by Crippen LogP contribution is 2.43. The van der Waals surface area contributed by atoms with Gasteiger partial charge in [0.2, 0.25) is 5.95 Å². The highest BCUT2D eigenvalue weighted by atomic mass is 16.5. The van der Waals surface area contributed by atoms with E-state index in [1.54, 1.807) is 6.07 Å². The van der Waals surface area contributed by atoms with Crippen molar-refractivity contribution < 1.29 is 14.3 Å². The van der Waals surface area contributed by atoms with E-state index in [9.17, 15) is 9.59 Å². The summed E-state index contributed by atoms with van der Waals surface area (Å²) < 4.78 is 5.07. The van der Waals surface area contributed by atoms with E-state index >= 15 is 0 Å². The molecule has 104 valence electrons. The van der Waals surface area contributed by atoms with Gasteiger partial charge in [0, 0.05) is 12.4 Å². The third-order valence-electron chi connectivity index (χ3n) is 3.74. The zero-order valence-electron chi connectivity index (χ0n) is 10.9. The van der Waals surface area contributed by atoms with Gasteiger partial charge in [-0.05, 0) is 30.7 Å². The van der Waals surface area contributed by atoms with Crippen LogP contribution in [0.25, 0.3) is 0 Å². The lowest BCUT2D eigenvalue weighted by atomic mass is 9.94. The molecule has 2 bridgehead atoms. The monoisotopic (exact) mass is 273 g/mol. The van der Waals surface area contributed by atoms with E-state index in [0.29, 0.717) is 5.92 Å². The van der Waals surface area contributed by atoms with Crippen LogP contribution in [-0.2, 0) is 14.3 Å². The summed E-state index contributed by atoms with van der Waals surface area (Å²) >= 11 is 0. The highest BCUT2D eigenvalue weighted by Gasteiger charge is 2.40. The highest BCUT2D eigenvalue weighted by molar-refractivity contribution is 5.91. The van der Waals surface area contributed by atoms with Gasteiger partial charge < -0.3 is 4.74 Å². The number of allylic oxidation sites excluding steroid dienone is 2. The van der Waals surface area contributed by atoms with Crippen LogP contribution in [0.2, 0.25) is 0 Å². The molecule has 0 aliphatic heterocycles. The topological polar surface area (TPSA) is 81.2 Å². The van der Waals surface area contributed by atoms with Crippen LogP contribution in [0.1, 0.15) is 12.8 Å². The van der Waals surface area contributed by atoms with Crippen molar-refractivity contribution in [2.24, 2.45) is 17.8 Å². The first-order valence-electron chi connectivity index (χ1n) is 6.64. The molecule has 6 nitrogen and oxygen atoms in total. The van der Waals surface area contributed by atoms with Gasteiger partial charge in [0.05, 0.1) is 5.92 Å². The molecule has 0 radical (unpaired) electrons. The van der Waals surface area contributed by atoms with Crippen molar-refractivity contribution in [1.82, 2.24) is 9.97 Å². The van der Waals surface area contributed by atoms with E-state index in [2.05, 4.69) is 27.4 Å². The fraction of sp³-hybridized carbons (Fsp3) is 0.429. The number of hydrogen-bond acceptors (Lipinski definition) is 5. The molecule has 1 heterocycles. The number of aromatic nitrogens is 2. The Morgan fingerprint density at radius 1 is 1.25 bits per heavy atom. The molecular weight excluding hydrogens is 258 g/mol. The fourth-order valence-electron chi connectivity index (χ4n) is 2.82. The lowest BCUT2D eigenvalue weighted by Crippen LogP contribution is -2.27. The summed E-state index contributed by atoms with van der Waals surface area (Å²) in [5.74, 6) is 0.188. The Morgan fingerprint density at radius 3 is 2.70 bits per heavy atom. The Bertz CT molecular complexity index is 544. The molecule has 1 amide bonds. The van der Waals surface area contributed by atoms with Crippen LogP contribution in [0.3, 0.4) is 0 Å². The maximum atomic E-state index is 11.9. The van der Waals surface area contributed by atoms with Gasteiger partial charge in [0.1, 0.15) is 0 Å². The van der Waals surface area contributed by atoms with E-state index in [4.69, 9.17) is 4.74 Å². The van der Waals surface area contributed by atoms with Crippen LogP contribution in [0.5, 0.6) is 0 Å². The van der Waals surface area contributed by atoms with Gasteiger partial charge in [-0.2, -0.15) is 0 Å². The standard InChI is InChI=1S/C14H15N3O3/c18-12(17-14-15-4-1-5-16-14)8-20-13(19)11-7-9-2-3-10(11)6-9/h1-5,9-11H,6-8H2,(H,15,16,17,18)/t9-,10+,11+/m1/s1. The lowest BCUT2D eigenvalue weighted by molar-refractivity contribution is -0.152. The normalized spacial score (nSPS) is 26.5. The molecule has 0 unspecified atom stereocenters. The summed E-state index contributed by atoms with van der Waals surface area (Å²) in [7, 11) is 0. The summed E-state index contributed by atoms with van der Waals surface area (Å²) in [6, 6.07) is 1.65. The number of carbonyl (C=O) groups excluding carboxylic acids is 2. The number of hydrogen-bond donors (Lipinski definition) is 1. The number of nitrogens with one attached hydrogen (secondary N) is 1. The number of rotatable bonds is 4. The van der Waals surface area contributed by atoms with Crippen molar-refractivity contribution >= 4 is 17.8 Å². The smallest absolute Gasteiger partial charge is 0.310 e. The SMILES string of the molecule is O=C(COC(=O)[C@H]1C[C@@H]2C=C[C@H]1C2)Nc1ncccn1. The van der Waals surface area contributed by atoms with Crippen LogP contribution < -0.4 is 5.32 Å². The Kier molecular flexibility index (Phi) is 3.45. The molecule has 6 heteroatoms. The molecule has 1 N–H and O–H groups in total. The third kappa shape index (κ3) is 2.68. The predicted molar refractivity (Wildman–Crippen MR) is 70.5 cm³/mol. The first kappa shape index (κ1) is 12.8. The van der Waals surface area contributed by atoms with Crippen LogP contribution in [-0.4, -0.2) is 28.5 Å². The zero-order chi connectivity index (χ0) is 13.9. The second-order valence-corrected chi connectivity index (χ2v) is 5.12. The van der Waals surface area contributed by atoms with Gasteiger partial charge in [0.15, 0.2) is 6.61 Å². The second-order valence-electron chi connectivity index (χ2n) is 5.12. The predicted octanol–water partition coefficient (Wildman–Crippen LogP) is 1.17. The average Bonchev–Trinajstić information content (AvgIpc) is 3.08. The minimum atomic E-state index is -0.428. The zero-order valence-corrected chi connectivity index (χ0v) is 10.9. The van der Waals surface area contributed by atoms with E-state index in [-0.39, 0.29) is 30.4 Å². The first-order valence-corrected chi connectivity index (χ1v) is 6.64. The van der Waals surface area contributed by atoms with E-state index < -0.39 is 5.91 Å². The largest absolute Gasteiger partial charge is 0.455 e. The molecule has 2 aliphatic rings. The van der Waals surface area contributed by atoms with E-state index in [1.165, 1.54) is 12.4 Å². The molecule has 1 aromatic heterocycles. The van der Waals surface area contributed by atoms with Gasteiger partial charge in [0.25, 0.3) is 5.91 Å². The third-order valence-corrected chi connectivity index (χ3v) is 3.74. The molecule has 1 fully saturated rings. The molecule has 0 spiro atoms. The summed E-state index contributed by atoms with van der Waals surface area (Å²) in [6.07, 6.45) is 9.16. The number of anilines is 1. The van der Waals surface area contributed by atoms with Gasteiger partial charge >= 0.3 is 5.97 Å². The maximum Gasteiger partial charge on any atom is 0.310 e. The molecule has 3 rings (SSSR count). The van der Waals surface area contributed by atoms with Crippen LogP contribution >= 0.6 is 0 Å².